The third kappa shape index (κ3) is 2.10. The maximum absolute atomic E-state index is 11.7. The molecule has 1 spiro atoms. The van der Waals surface area contributed by atoms with Gasteiger partial charge in [-0.3, -0.25) is 10.1 Å². The van der Waals surface area contributed by atoms with Crippen molar-refractivity contribution < 1.29 is 4.79 Å². The van der Waals surface area contributed by atoms with Crippen LogP contribution in [0.1, 0.15) is 53.4 Å². The molecular formula is C13H24N2O. The molecule has 0 aromatic carbocycles. The first kappa shape index (κ1) is 11.9. The van der Waals surface area contributed by atoms with Crippen LogP contribution in [0.5, 0.6) is 0 Å². The molecule has 0 aromatic rings. The highest BCUT2D eigenvalue weighted by atomic mass is 16.2. The Morgan fingerprint density at radius 2 is 1.56 bits per heavy atom. The van der Waals surface area contributed by atoms with Gasteiger partial charge in [0.15, 0.2) is 0 Å². The van der Waals surface area contributed by atoms with E-state index in [4.69, 9.17) is 0 Å². The zero-order valence-corrected chi connectivity index (χ0v) is 10.9. The number of hydrogen-bond acceptors (Lipinski definition) is 2. The molecular weight excluding hydrogens is 200 g/mol. The summed E-state index contributed by atoms with van der Waals surface area (Å²) in [5.74, 6) is 0.128. The molecule has 0 unspecified atom stereocenters. The summed E-state index contributed by atoms with van der Waals surface area (Å²) in [5.41, 5.74) is 0.200. The summed E-state index contributed by atoms with van der Waals surface area (Å²) < 4.78 is 0. The maximum atomic E-state index is 11.7. The van der Waals surface area contributed by atoms with Crippen LogP contribution in [0.4, 0.5) is 0 Å². The predicted octanol–water partition coefficient (Wildman–Crippen LogP) is 1.82. The molecule has 1 amide bonds. The highest BCUT2D eigenvalue weighted by Crippen LogP contribution is 2.41. The quantitative estimate of drug-likeness (QED) is 0.659. The Bertz CT molecular complexity index is 297. The van der Waals surface area contributed by atoms with Crippen LogP contribution in [-0.2, 0) is 4.79 Å². The number of rotatable bonds is 0. The van der Waals surface area contributed by atoms with E-state index in [9.17, 15) is 4.79 Å². The minimum absolute atomic E-state index is 0.128. The average Bonchev–Trinajstić information content (AvgIpc) is 2.17. The van der Waals surface area contributed by atoms with E-state index in [-0.39, 0.29) is 11.4 Å². The second kappa shape index (κ2) is 3.46. The van der Waals surface area contributed by atoms with Gasteiger partial charge in [0.1, 0.15) is 0 Å². The number of carbonyl (C=O) groups is 1. The molecule has 2 N–H and O–H groups in total. The average molecular weight is 224 g/mol. The zero-order valence-electron chi connectivity index (χ0n) is 10.9. The van der Waals surface area contributed by atoms with Gasteiger partial charge >= 0.3 is 0 Å². The van der Waals surface area contributed by atoms with E-state index < -0.39 is 5.54 Å². The molecule has 0 bridgehead atoms. The Labute approximate surface area is 98.4 Å². The highest BCUT2D eigenvalue weighted by molar-refractivity contribution is 5.86. The van der Waals surface area contributed by atoms with Crippen LogP contribution in [0, 0.1) is 5.41 Å². The second-order valence-corrected chi connectivity index (χ2v) is 6.88. The van der Waals surface area contributed by atoms with Crippen molar-refractivity contribution >= 4 is 5.91 Å². The molecule has 0 aromatic heterocycles. The predicted molar refractivity (Wildman–Crippen MR) is 65.2 cm³/mol. The van der Waals surface area contributed by atoms with Crippen molar-refractivity contribution in [2.24, 2.45) is 5.41 Å². The topological polar surface area (TPSA) is 41.1 Å². The van der Waals surface area contributed by atoms with Gasteiger partial charge in [-0.05, 0) is 44.9 Å². The largest absolute Gasteiger partial charge is 0.353 e. The minimum atomic E-state index is -0.417. The van der Waals surface area contributed by atoms with E-state index in [1.165, 1.54) is 25.7 Å². The van der Waals surface area contributed by atoms with Crippen molar-refractivity contribution in [2.45, 2.75) is 64.5 Å². The van der Waals surface area contributed by atoms with Gasteiger partial charge < -0.3 is 5.32 Å². The van der Waals surface area contributed by atoms with Gasteiger partial charge in [-0.25, -0.2) is 0 Å². The first-order valence-corrected chi connectivity index (χ1v) is 6.33. The van der Waals surface area contributed by atoms with Crippen LogP contribution >= 0.6 is 0 Å². The summed E-state index contributed by atoms with van der Waals surface area (Å²) in [6.07, 6.45) is 4.82. The number of hydrogen-bond donors (Lipinski definition) is 2. The van der Waals surface area contributed by atoms with E-state index in [0.29, 0.717) is 5.41 Å². The van der Waals surface area contributed by atoms with Gasteiger partial charge in [0, 0.05) is 12.1 Å². The third-order valence-electron chi connectivity index (χ3n) is 4.29. The van der Waals surface area contributed by atoms with Gasteiger partial charge in [0.2, 0.25) is 5.91 Å². The van der Waals surface area contributed by atoms with Gasteiger partial charge in [-0.15, -0.1) is 0 Å². The molecule has 92 valence electrons. The van der Waals surface area contributed by atoms with Crippen molar-refractivity contribution in [3.63, 3.8) is 0 Å². The highest BCUT2D eigenvalue weighted by Gasteiger charge is 2.46. The van der Waals surface area contributed by atoms with Gasteiger partial charge in [-0.1, -0.05) is 13.8 Å². The van der Waals surface area contributed by atoms with E-state index >= 15 is 0 Å². The summed E-state index contributed by atoms with van der Waals surface area (Å²) in [6.45, 7) is 9.43. The maximum Gasteiger partial charge on any atom is 0.239 e. The number of nitrogens with one attached hydrogen (secondary N) is 2. The van der Waals surface area contributed by atoms with Gasteiger partial charge in [0.25, 0.3) is 0 Å². The normalized spacial score (nSPS) is 31.1. The van der Waals surface area contributed by atoms with Crippen molar-refractivity contribution in [1.82, 2.24) is 10.6 Å². The Morgan fingerprint density at radius 1 is 1.00 bits per heavy atom. The van der Waals surface area contributed by atoms with E-state index in [0.717, 1.165) is 6.54 Å². The summed E-state index contributed by atoms with van der Waals surface area (Å²) in [7, 11) is 0. The lowest BCUT2D eigenvalue weighted by atomic mass is 9.68. The standard InChI is InChI=1S/C13H24N2O/c1-11(2)5-7-13(8-6-11)9-14-10(16)12(3,4)15-13/h15H,5-9H2,1-4H3,(H,14,16). The van der Waals surface area contributed by atoms with Gasteiger partial charge in [0.05, 0.1) is 5.54 Å². The fourth-order valence-electron chi connectivity index (χ4n) is 2.94. The lowest BCUT2D eigenvalue weighted by Gasteiger charge is -2.51. The Hall–Kier alpha value is -0.570. The van der Waals surface area contributed by atoms with Crippen LogP contribution in [-0.4, -0.2) is 23.5 Å². The van der Waals surface area contributed by atoms with Crippen LogP contribution in [0.25, 0.3) is 0 Å². The second-order valence-electron chi connectivity index (χ2n) is 6.88. The van der Waals surface area contributed by atoms with E-state index in [2.05, 4.69) is 24.5 Å². The third-order valence-corrected chi connectivity index (χ3v) is 4.29. The molecule has 0 radical (unpaired) electrons. The molecule has 2 fully saturated rings. The molecule has 1 saturated heterocycles. The molecule has 1 aliphatic heterocycles. The Morgan fingerprint density at radius 3 is 2.06 bits per heavy atom. The smallest absolute Gasteiger partial charge is 0.239 e. The van der Waals surface area contributed by atoms with Crippen LogP contribution in [0.15, 0.2) is 0 Å². The van der Waals surface area contributed by atoms with Crippen molar-refractivity contribution in [1.29, 1.82) is 0 Å². The number of piperazine rings is 1. The fourth-order valence-corrected chi connectivity index (χ4v) is 2.94. The zero-order chi connectivity index (χ0) is 12.0. The van der Waals surface area contributed by atoms with E-state index in [1.54, 1.807) is 0 Å². The molecule has 1 aliphatic carbocycles. The number of amides is 1. The molecule has 2 aliphatic rings. The van der Waals surface area contributed by atoms with Gasteiger partial charge in [-0.2, -0.15) is 0 Å². The van der Waals surface area contributed by atoms with Crippen molar-refractivity contribution in [2.75, 3.05) is 6.54 Å². The Kier molecular flexibility index (Phi) is 2.57. The van der Waals surface area contributed by atoms with Crippen LogP contribution in [0.3, 0.4) is 0 Å². The first-order valence-electron chi connectivity index (χ1n) is 6.33. The van der Waals surface area contributed by atoms with Crippen LogP contribution < -0.4 is 10.6 Å². The SMILES string of the molecule is CC1(C)CCC2(CC1)CNC(=O)C(C)(C)N2. The Balaban J connectivity index is 2.08. The summed E-state index contributed by atoms with van der Waals surface area (Å²) in [5, 5.41) is 6.64. The fraction of sp³-hybridized carbons (Fsp3) is 0.923. The van der Waals surface area contributed by atoms with Crippen molar-refractivity contribution in [3.05, 3.63) is 0 Å². The molecule has 2 rings (SSSR count). The lowest BCUT2D eigenvalue weighted by molar-refractivity contribution is -0.131. The minimum Gasteiger partial charge on any atom is -0.353 e. The first-order chi connectivity index (χ1) is 7.25. The summed E-state index contributed by atoms with van der Waals surface area (Å²) in [4.78, 5) is 11.7. The molecule has 16 heavy (non-hydrogen) atoms. The number of carbonyl (C=O) groups excluding carboxylic acids is 1. The molecule has 0 atom stereocenters. The molecule has 3 heteroatoms. The van der Waals surface area contributed by atoms with Crippen molar-refractivity contribution in [3.8, 4) is 0 Å². The molecule has 1 saturated carbocycles. The summed E-state index contributed by atoms with van der Waals surface area (Å²) >= 11 is 0. The molecule has 1 heterocycles. The van der Waals surface area contributed by atoms with Crippen LogP contribution in [0.2, 0.25) is 0 Å². The molecule has 3 nitrogen and oxygen atoms in total. The van der Waals surface area contributed by atoms with E-state index in [1.807, 2.05) is 13.8 Å². The monoisotopic (exact) mass is 224 g/mol. The lowest BCUT2D eigenvalue weighted by Crippen LogP contribution is -2.71. The summed E-state index contributed by atoms with van der Waals surface area (Å²) in [6, 6.07) is 0.